The molecule has 0 saturated heterocycles. The van der Waals surface area contributed by atoms with Gasteiger partial charge in [-0.25, -0.2) is 0 Å². The molecule has 2 aromatic rings. The van der Waals surface area contributed by atoms with Gasteiger partial charge in [0.15, 0.2) is 0 Å². The van der Waals surface area contributed by atoms with Gasteiger partial charge in [0.25, 0.3) is 11.6 Å². The highest BCUT2D eigenvalue weighted by atomic mass is 127. The van der Waals surface area contributed by atoms with E-state index in [1.807, 2.05) is 6.07 Å². The van der Waals surface area contributed by atoms with Crippen LogP contribution in [0.15, 0.2) is 48.5 Å². The number of rotatable bonds is 5. The largest absolute Gasteiger partial charge is 0.387 e. The molecule has 0 aliphatic carbocycles. The number of hydrogen-bond donors (Lipinski definition) is 2. The van der Waals surface area contributed by atoms with Gasteiger partial charge in [-0.3, -0.25) is 14.9 Å². The molecule has 0 saturated carbocycles. The predicted molar refractivity (Wildman–Crippen MR) is 89.5 cm³/mol. The highest BCUT2D eigenvalue weighted by molar-refractivity contribution is 14.1. The average molecular weight is 412 g/mol. The number of carbonyl (C=O) groups is 1. The number of nitro groups is 1. The molecule has 2 rings (SSSR count). The van der Waals surface area contributed by atoms with Gasteiger partial charge in [0.05, 0.1) is 11.0 Å². The quantitative estimate of drug-likeness (QED) is 0.449. The summed E-state index contributed by atoms with van der Waals surface area (Å²) in [4.78, 5) is 22.0. The zero-order valence-electron chi connectivity index (χ0n) is 11.4. The molecule has 22 heavy (non-hydrogen) atoms. The number of nitrogens with zero attached hydrogens (tertiary/aromatic N) is 1. The van der Waals surface area contributed by atoms with Crippen LogP contribution in [-0.4, -0.2) is 22.5 Å². The first kappa shape index (κ1) is 16.4. The molecule has 1 atom stereocenters. The number of amides is 1. The van der Waals surface area contributed by atoms with Crippen LogP contribution in [0.2, 0.25) is 0 Å². The highest BCUT2D eigenvalue weighted by Gasteiger charge is 2.12. The summed E-state index contributed by atoms with van der Waals surface area (Å²) in [5.41, 5.74) is 0.982. The Labute approximate surface area is 140 Å². The monoisotopic (exact) mass is 412 g/mol. The fourth-order valence-electron chi connectivity index (χ4n) is 1.86. The van der Waals surface area contributed by atoms with Gasteiger partial charge < -0.3 is 10.4 Å². The van der Waals surface area contributed by atoms with Crippen LogP contribution in [0, 0.1) is 13.7 Å². The third kappa shape index (κ3) is 4.25. The third-order valence-corrected chi connectivity index (χ3v) is 3.70. The molecule has 0 spiro atoms. The molecule has 114 valence electrons. The zero-order valence-corrected chi connectivity index (χ0v) is 13.6. The van der Waals surface area contributed by atoms with Crippen LogP contribution in [0.25, 0.3) is 0 Å². The number of hydrogen-bond acceptors (Lipinski definition) is 4. The number of nitrogens with one attached hydrogen (secondary N) is 1. The normalized spacial score (nSPS) is 11.7. The molecule has 7 heteroatoms. The van der Waals surface area contributed by atoms with Gasteiger partial charge in [0.1, 0.15) is 0 Å². The van der Waals surface area contributed by atoms with Crippen molar-refractivity contribution >= 4 is 34.2 Å². The van der Waals surface area contributed by atoms with Gasteiger partial charge in [0, 0.05) is 27.8 Å². The minimum Gasteiger partial charge on any atom is -0.387 e. The number of non-ortho nitro benzene ring substituents is 1. The summed E-state index contributed by atoms with van der Waals surface area (Å²) in [5.74, 6) is -0.278. The molecule has 0 radical (unpaired) electrons. The first-order valence-electron chi connectivity index (χ1n) is 6.43. The summed E-state index contributed by atoms with van der Waals surface area (Å²) >= 11 is 2.11. The van der Waals surface area contributed by atoms with Crippen molar-refractivity contribution in [2.45, 2.75) is 6.10 Å². The summed E-state index contributed by atoms with van der Waals surface area (Å²) in [7, 11) is 0. The van der Waals surface area contributed by atoms with Crippen LogP contribution in [0.3, 0.4) is 0 Å². The Hall–Kier alpha value is -2.00. The molecule has 1 amide bonds. The minimum atomic E-state index is -0.924. The number of nitro benzene ring substituents is 1. The molecule has 2 aromatic carbocycles. The predicted octanol–water partition coefficient (Wildman–Crippen LogP) is 2.66. The zero-order chi connectivity index (χ0) is 16.1. The molecular formula is C15H13IN2O4. The lowest BCUT2D eigenvalue weighted by Gasteiger charge is -2.12. The second-order valence-corrected chi connectivity index (χ2v) is 5.83. The van der Waals surface area contributed by atoms with E-state index in [1.165, 1.54) is 24.3 Å². The number of aliphatic hydroxyl groups excluding tert-OH is 1. The molecule has 0 aliphatic rings. The average Bonchev–Trinajstić information content (AvgIpc) is 2.52. The van der Waals surface area contributed by atoms with Crippen LogP contribution in [0.1, 0.15) is 22.0 Å². The van der Waals surface area contributed by atoms with Crippen molar-refractivity contribution in [1.29, 1.82) is 0 Å². The molecule has 0 unspecified atom stereocenters. The number of carbonyl (C=O) groups excluding carboxylic acids is 1. The van der Waals surface area contributed by atoms with Crippen LogP contribution in [0.4, 0.5) is 5.69 Å². The lowest BCUT2D eigenvalue weighted by atomic mass is 10.1. The summed E-state index contributed by atoms with van der Waals surface area (Å²) in [6.07, 6.45) is -0.924. The molecular weight excluding hydrogens is 399 g/mol. The molecule has 0 aromatic heterocycles. The first-order valence-corrected chi connectivity index (χ1v) is 7.51. The molecule has 6 nitrogen and oxygen atoms in total. The van der Waals surface area contributed by atoms with E-state index in [0.29, 0.717) is 11.1 Å². The molecule has 0 bridgehead atoms. The SMILES string of the molecule is O=C(NC[C@@H](O)c1ccc([N+](=O)[O-])cc1)c1cccc(I)c1. The lowest BCUT2D eigenvalue weighted by Crippen LogP contribution is -2.28. The Kier molecular flexibility index (Phi) is 5.45. The van der Waals surface area contributed by atoms with Crippen LogP contribution in [0.5, 0.6) is 0 Å². The van der Waals surface area contributed by atoms with Crippen molar-refractivity contribution in [3.05, 3.63) is 73.3 Å². The Morgan fingerprint density at radius 1 is 1.27 bits per heavy atom. The van der Waals surface area contributed by atoms with Crippen molar-refractivity contribution in [1.82, 2.24) is 5.32 Å². The van der Waals surface area contributed by atoms with E-state index in [2.05, 4.69) is 27.9 Å². The summed E-state index contributed by atoms with van der Waals surface area (Å²) in [6.45, 7) is 0.0299. The smallest absolute Gasteiger partial charge is 0.269 e. The fourth-order valence-corrected chi connectivity index (χ4v) is 2.40. The van der Waals surface area contributed by atoms with Crippen molar-refractivity contribution in [3.63, 3.8) is 0 Å². The van der Waals surface area contributed by atoms with E-state index in [0.717, 1.165) is 3.57 Å². The Morgan fingerprint density at radius 2 is 1.95 bits per heavy atom. The van der Waals surface area contributed by atoms with Gasteiger partial charge in [-0.15, -0.1) is 0 Å². The van der Waals surface area contributed by atoms with E-state index < -0.39 is 11.0 Å². The second kappa shape index (κ2) is 7.32. The minimum absolute atomic E-state index is 0.0299. The topological polar surface area (TPSA) is 92.5 Å². The summed E-state index contributed by atoms with van der Waals surface area (Å²) in [5, 5.41) is 23.2. The van der Waals surface area contributed by atoms with Crippen molar-refractivity contribution in [3.8, 4) is 0 Å². The van der Waals surface area contributed by atoms with E-state index >= 15 is 0 Å². The van der Waals surface area contributed by atoms with Crippen molar-refractivity contribution in [2.75, 3.05) is 6.54 Å². The maximum absolute atomic E-state index is 12.0. The van der Waals surface area contributed by atoms with Crippen molar-refractivity contribution in [2.24, 2.45) is 0 Å². The fraction of sp³-hybridized carbons (Fsp3) is 0.133. The van der Waals surface area contributed by atoms with E-state index in [4.69, 9.17) is 0 Å². The van der Waals surface area contributed by atoms with E-state index in [-0.39, 0.29) is 18.1 Å². The molecule has 2 N–H and O–H groups in total. The number of benzene rings is 2. The van der Waals surface area contributed by atoms with E-state index in [9.17, 15) is 20.0 Å². The standard InChI is InChI=1S/C15H13IN2O4/c16-12-3-1-2-11(8-12)15(20)17-9-14(19)10-4-6-13(7-5-10)18(21)22/h1-8,14,19H,9H2,(H,17,20)/t14-/m1/s1. The van der Waals surface area contributed by atoms with Crippen molar-refractivity contribution < 1.29 is 14.8 Å². The maximum Gasteiger partial charge on any atom is 0.269 e. The highest BCUT2D eigenvalue weighted by Crippen LogP contribution is 2.17. The van der Waals surface area contributed by atoms with E-state index in [1.54, 1.807) is 18.2 Å². The summed E-state index contributed by atoms with van der Waals surface area (Å²) in [6, 6.07) is 12.7. The van der Waals surface area contributed by atoms with Gasteiger partial charge in [-0.1, -0.05) is 6.07 Å². The molecule has 0 aliphatic heterocycles. The van der Waals surface area contributed by atoms with Crippen LogP contribution in [-0.2, 0) is 0 Å². The Balaban J connectivity index is 1.96. The summed E-state index contributed by atoms with van der Waals surface area (Å²) < 4.78 is 0.946. The second-order valence-electron chi connectivity index (χ2n) is 4.58. The van der Waals surface area contributed by atoms with Gasteiger partial charge in [-0.05, 0) is 58.5 Å². The maximum atomic E-state index is 12.0. The molecule has 0 heterocycles. The lowest BCUT2D eigenvalue weighted by molar-refractivity contribution is -0.384. The third-order valence-electron chi connectivity index (χ3n) is 3.03. The van der Waals surface area contributed by atoms with Crippen LogP contribution >= 0.6 is 22.6 Å². The van der Waals surface area contributed by atoms with Gasteiger partial charge in [0.2, 0.25) is 0 Å². The first-order chi connectivity index (χ1) is 10.5. The molecule has 0 fully saturated rings. The van der Waals surface area contributed by atoms with Gasteiger partial charge in [-0.2, -0.15) is 0 Å². The Bertz CT molecular complexity index is 688. The number of aliphatic hydroxyl groups is 1. The van der Waals surface area contributed by atoms with Crippen LogP contribution < -0.4 is 5.32 Å². The Morgan fingerprint density at radius 3 is 2.55 bits per heavy atom. The van der Waals surface area contributed by atoms with Gasteiger partial charge >= 0.3 is 0 Å². The number of halogens is 1.